The van der Waals surface area contributed by atoms with Gasteiger partial charge in [-0.2, -0.15) is 8.78 Å². The molecular formula is C26H36F2N4O2. The van der Waals surface area contributed by atoms with E-state index in [-0.39, 0.29) is 23.1 Å². The number of carbonyl (C=O) groups is 1. The summed E-state index contributed by atoms with van der Waals surface area (Å²) in [5, 5.41) is 7.19. The summed E-state index contributed by atoms with van der Waals surface area (Å²) in [6.45, 7) is 9.68. The molecule has 4 rings (SSSR count). The number of rotatable bonds is 7. The van der Waals surface area contributed by atoms with Crippen LogP contribution in [0.25, 0.3) is 0 Å². The van der Waals surface area contributed by atoms with Crippen molar-refractivity contribution in [2.45, 2.75) is 77.2 Å². The number of nitrogens with one attached hydrogen (secondary N) is 1. The Morgan fingerprint density at radius 3 is 2.71 bits per heavy atom. The SMILES string of the molecule is Cc1ncccc1C(=O)NC1CCC(CCN2C[C@H](C)[C@@](C)(c3cc(C(C)(F)F)on3)C2)CC1. The molecule has 6 nitrogen and oxygen atoms in total. The Bertz CT molecular complexity index is 997. The first-order valence-corrected chi connectivity index (χ1v) is 12.4. The minimum absolute atomic E-state index is 0.0313. The highest BCUT2D eigenvalue weighted by Gasteiger charge is 2.45. The topological polar surface area (TPSA) is 71.3 Å². The molecule has 0 bridgehead atoms. The molecule has 2 aromatic heterocycles. The molecule has 2 fully saturated rings. The molecule has 1 aliphatic carbocycles. The van der Waals surface area contributed by atoms with Gasteiger partial charge in [0, 0.05) is 49.4 Å². The van der Waals surface area contributed by atoms with Crippen LogP contribution >= 0.6 is 0 Å². The number of hydrogen-bond donors (Lipinski definition) is 1. The minimum atomic E-state index is -3.02. The molecule has 1 amide bonds. The highest BCUT2D eigenvalue weighted by Crippen LogP contribution is 2.40. The van der Waals surface area contributed by atoms with Gasteiger partial charge in [-0.1, -0.05) is 19.0 Å². The zero-order valence-electron chi connectivity index (χ0n) is 20.6. The Balaban J connectivity index is 1.24. The summed E-state index contributed by atoms with van der Waals surface area (Å²) in [5.41, 5.74) is 1.74. The number of carbonyl (C=O) groups excluding carboxylic acids is 1. The minimum Gasteiger partial charge on any atom is -0.355 e. The zero-order valence-corrected chi connectivity index (χ0v) is 20.6. The van der Waals surface area contributed by atoms with Gasteiger partial charge >= 0.3 is 5.92 Å². The second kappa shape index (κ2) is 9.72. The predicted molar refractivity (Wildman–Crippen MR) is 126 cm³/mol. The second-order valence-electron chi connectivity index (χ2n) is 10.6. The van der Waals surface area contributed by atoms with Crippen LogP contribution in [0.2, 0.25) is 0 Å². The van der Waals surface area contributed by atoms with Crippen molar-refractivity contribution in [3.05, 3.63) is 47.1 Å². The molecule has 1 aliphatic heterocycles. The van der Waals surface area contributed by atoms with E-state index in [4.69, 9.17) is 4.52 Å². The summed E-state index contributed by atoms with van der Waals surface area (Å²) in [4.78, 5) is 19.2. The molecule has 2 aliphatic rings. The summed E-state index contributed by atoms with van der Waals surface area (Å²) >= 11 is 0. The Kier molecular flexibility index (Phi) is 7.08. The lowest BCUT2D eigenvalue weighted by molar-refractivity contribution is -0.0106. The van der Waals surface area contributed by atoms with E-state index in [9.17, 15) is 13.6 Å². The van der Waals surface area contributed by atoms with Gasteiger partial charge in [0.05, 0.1) is 11.3 Å². The van der Waals surface area contributed by atoms with Gasteiger partial charge in [0.2, 0.25) is 5.76 Å². The summed E-state index contributed by atoms with van der Waals surface area (Å²) in [6.07, 6.45) is 7.02. The largest absolute Gasteiger partial charge is 0.355 e. The lowest BCUT2D eigenvalue weighted by atomic mass is 9.78. The zero-order chi connectivity index (χ0) is 24.5. The molecular weight excluding hydrogens is 438 g/mol. The van der Waals surface area contributed by atoms with Gasteiger partial charge in [-0.15, -0.1) is 0 Å². The maximum Gasteiger partial charge on any atom is 0.304 e. The smallest absolute Gasteiger partial charge is 0.304 e. The number of nitrogens with zero attached hydrogens (tertiary/aromatic N) is 3. The van der Waals surface area contributed by atoms with Crippen molar-refractivity contribution in [2.24, 2.45) is 11.8 Å². The Hall–Kier alpha value is -2.35. The van der Waals surface area contributed by atoms with Crippen LogP contribution in [-0.2, 0) is 11.3 Å². The van der Waals surface area contributed by atoms with Gasteiger partial charge in [-0.25, -0.2) is 0 Å². The van der Waals surface area contributed by atoms with Crippen LogP contribution in [0.3, 0.4) is 0 Å². The maximum atomic E-state index is 13.6. The molecule has 1 saturated carbocycles. The van der Waals surface area contributed by atoms with Crippen LogP contribution in [0.1, 0.15) is 80.4 Å². The number of likely N-dealkylation sites (tertiary alicyclic amines) is 1. The predicted octanol–water partition coefficient (Wildman–Crippen LogP) is 5.08. The first-order chi connectivity index (χ1) is 16.1. The van der Waals surface area contributed by atoms with Crippen molar-refractivity contribution in [2.75, 3.05) is 19.6 Å². The fourth-order valence-electron chi connectivity index (χ4n) is 5.48. The molecule has 0 spiro atoms. The van der Waals surface area contributed by atoms with Gasteiger partial charge in [0.1, 0.15) is 0 Å². The quantitative estimate of drug-likeness (QED) is 0.606. The van der Waals surface area contributed by atoms with E-state index < -0.39 is 5.92 Å². The van der Waals surface area contributed by atoms with Gasteiger partial charge in [-0.3, -0.25) is 9.78 Å². The molecule has 1 N–H and O–H groups in total. The van der Waals surface area contributed by atoms with E-state index in [2.05, 4.69) is 34.2 Å². The first kappa shape index (κ1) is 24.8. The van der Waals surface area contributed by atoms with Crippen molar-refractivity contribution in [3.63, 3.8) is 0 Å². The Labute approximate surface area is 200 Å². The summed E-state index contributed by atoms with van der Waals surface area (Å²) in [7, 11) is 0. The summed E-state index contributed by atoms with van der Waals surface area (Å²) < 4.78 is 32.2. The van der Waals surface area contributed by atoms with Crippen LogP contribution in [0.5, 0.6) is 0 Å². The van der Waals surface area contributed by atoms with E-state index in [0.717, 1.165) is 64.4 Å². The van der Waals surface area contributed by atoms with E-state index in [0.29, 0.717) is 23.1 Å². The number of pyridine rings is 1. The average Bonchev–Trinajstić information content (AvgIpc) is 3.40. The van der Waals surface area contributed by atoms with Crippen molar-refractivity contribution in [3.8, 4) is 0 Å². The first-order valence-electron chi connectivity index (χ1n) is 12.4. The molecule has 3 heterocycles. The number of aryl methyl sites for hydroxylation is 1. The third-order valence-electron chi connectivity index (χ3n) is 7.99. The molecule has 34 heavy (non-hydrogen) atoms. The molecule has 2 atom stereocenters. The van der Waals surface area contributed by atoms with Crippen molar-refractivity contribution < 1.29 is 18.1 Å². The standard InChI is InChI=1S/C26H36F2N4O2/c1-17-15-32(16-25(17,3)22-14-23(34-31-22)26(4,27)28)13-11-19-7-9-20(10-8-19)30-24(33)21-6-5-12-29-18(21)2/h5-6,12,14,17,19-20H,7-11,13,15-16H2,1-4H3,(H,30,33)/t17-,19?,20?,25-/m0/s1. The number of hydrogen-bond acceptors (Lipinski definition) is 5. The highest BCUT2D eigenvalue weighted by molar-refractivity contribution is 5.95. The second-order valence-corrected chi connectivity index (χ2v) is 10.6. The van der Waals surface area contributed by atoms with E-state index in [1.807, 2.05) is 13.0 Å². The van der Waals surface area contributed by atoms with Crippen molar-refractivity contribution >= 4 is 5.91 Å². The normalized spacial score (nSPS) is 28.2. The molecule has 8 heteroatoms. The van der Waals surface area contributed by atoms with Gasteiger partial charge in [0.15, 0.2) is 0 Å². The third-order valence-corrected chi connectivity index (χ3v) is 7.99. The van der Waals surface area contributed by atoms with Gasteiger partial charge in [-0.05, 0) is 69.5 Å². The highest BCUT2D eigenvalue weighted by atomic mass is 19.3. The molecule has 1 saturated heterocycles. The lowest BCUT2D eigenvalue weighted by Gasteiger charge is -2.30. The molecule has 0 aromatic carbocycles. The van der Waals surface area contributed by atoms with Crippen LogP contribution < -0.4 is 5.32 Å². The molecule has 186 valence electrons. The third kappa shape index (κ3) is 5.32. The number of halogens is 2. The number of aromatic nitrogens is 2. The molecule has 0 unspecified atom stereocenters. The van der Waals surface area contributed by atoms with E-state index in [1.165, 1.54) is 6.07 Å². The van der Waals surface area contributed by atoms with Crippen LogP contribution in [-0.4, -0.2) is 46.6 Å². The van der Waals surface area contributed by atoms with Crippen LogP contribution in [0.15, 0.2) is 28.9 Å². The molecule has 2 aromatic rings. The maximum absolute atomic E-state index is 13.6. The Morgan fingerprint density at radius 1 is 1.32 bits per heavy atom. The van der Waals surface area contributed by atoms with Crippen LogP contribution in [0, 0.1) is 18.8 Å². The van der Waals surface area contributed by atoms with Gasteiger partial charge < -0.3 is 14.7 Å². The Morgan fingerprint density at radius 2 is 2.06 bits per heavy atom. The summed E-state index contributed by atoms with van der Waals surface area (Å²) in [5.74, 6) is -2.46. The molecule has 0 radical (unpaired) electrons. The van der Waals surface area contributed by atoms with Gasteiger partial charge in [0.25, 0.3) is 5.91 Å². The van der Waals surface area contributed by atoms with Crippen LogP contribution in [0.4, 0.5) is 8.78 Å². The van der Waals surface area contributed by atoms with E-state index >= 15 is 0 Å². The monoisotopic (exact) mass is 474 g/mol. The van der Waals surface area contributed by atoms with E-state index in [1.54, 1.807) is 12.3 Å². The summed E-state index contributed by atoms with van der Waals surface area (Å²) in [6, 6.07) is 5.27. The average molecular weight is 475 g/mol. The number of amides is 1. The van der Waals surface area contributed by atoms with Crippen molar-refractivity contribution in [1.29, 1.82) is 0 Å². The lowest BCUT2D eigenvalue weighted by Crippen LogP contribution is -2.38. The fourth-order valence-corrected chi connectivity index (χ4v) is 5.48. The van der Waals surface area contributed by atoms with Crippen molar-refractivity contribution in [1.82, 2.24) is 20.4 Å². The fraction of sp³-hybridized carbons (Fsp3) is 0.654. The number of alkyl halides is 2.